The molecule has 0 bridgehead atoms. The molecule has 4 nitrogen and oxygen atoms in total. The SMILES string of the molecule is CC(C)CCNC(=O)C(C)NC1CCN(C2CC2)C1. The summed E-state index contributed by atoms with van der Waals surface area (Å²) in [5.74, 6) is 0.788. The third-order valence-electron chi connectivity index (χ3n) is 4.18. The van der Waals surface area contributed by atoms with Gasteiger partial charge in [-0.25, -0.2) is 0 Å². The molecule has 1 saturated carbocycles. The van der Waals surface area contributed by atoms with Crippen molar-refractivity contribution in [1.29, 1.82) is 0 Å². The Hall–Kier alpha value is -0.610. The summed E-state index contributed by atoms with van der Waals surface area (Å²) in [5.41, 5.74) is 0. The van der Waals surface area contributed by atoms with Crippen molar-refractivity contribution >= 4 is 5.91 Å². The average molecular weight is 267 g/mol. The highest BCUT2D eigenvalue weighted by molar-refractivity contribution is 5.81. The first kappa shape index (κ1) is 14.8. The molecular formula is C15H29N3O. The molecule has 1 heterocycles. The molecule has 0 radical (unpaired) electrons. The third kappa shape index (κ3) is 4.77. The highest BCUT2D eigenvalue weighted by Gasteiger charge is 2.34. The van der Waals surface area contributed by atoms with Crippen molar-refractivity contribution in [2.24, 2.45) is 5.92 Å². The van der Waals surface area contributed by atoms with Crippen LogP contribution in [-0.2, 0) is 4.79 Å². The maximum absolute atomic E-state index is 12.0. The van der Waals surface area contributed by atoms with Gasteiger partial charge in [0, 0.05) is 31.7 Å². The van der Waals surface area contributed by atoms with Gasteiger partial charge < -0.3 is 10.6 Å². The lowest BCUT2D eigenvalue weighted by Gasteiger charge is -2.20. The number of nitrogens with zero attached hydrogens (tertiary/aromatic N) is 1. The van der Waals surface area contributed by atoms with Crippen LogP contribution in [0, 0.1) is 5.92 Å². The van der Waals surface area contributed by atoms with E-state index in [2.05, 4.69) is 29.4 Å². The fraction of sp³-hybridized carbons (Fsp3) is 0.933. The molecule has 110 valence electrons. The van der Waals surface area contributed by atoms with E-state index in [0.717, 1.165) is 25.6 Å². The maximum atomic E-state index is 12.0. The minimum absolute atomic E-state index is 0.0729. The van der Waals surface area contributed by atoms with Crippen LogP contribution in [0.25, 0.3) is 0 Å². The van der Waals surface area contributed by atoms with Crippen molar-refractivity contribution in [1.82, 2.24) is 15.5 Å². The second-order valence-corrected chi connectivity index (χ2v) is 6.57. The lowest BCUT2D eigenvalue weighted by Crippen LogP contribution is -2.47. The first-order valence-corrected chi connectivity index (χ1v) is 7.84. The summed E-state index contributed by atoms with van der Waals surface area (Å²) in [4.78, 5) is 14.5. The molecule has 1 aliphatic heterocycles. The lowest BCUT2D eigenvalue weighted by molar-refractivity contribution is -0.122. The van der Waals surface area contributed by atoms with E-state index in [1.54, 1.807) is 0 Å². The molecule has 2 N–H and O–H groups in total. The van der Waals surface area contributed by atoms with Crippen molar-refractivity contribution in [3.63, 3.8) is 0 Å². The molecule has 2 atom stereocenters. The summed E-state index contributed by atoms with van der Waals surface area (Å²) in [6, 6.07) is 1.27. The summed E-state index contributed by atoms with van der Waals surface area (Å²) in [5, 5.41) is 6.49. The molecule has 4 heteroatoms. The fourth-order valence-electron chi connectivity index (χ4n) is 2.76. The van der Waals surface area contributed by atoms with Crippen molar-refractivity contribution in [3.05, 3.63) is 0 Å². The highest BCUT2D eigenvalue weighted by Crippen LogP contribution is 2.29. The molecule has 0 aromatic carbocycles. The van der Waals surface area contributed by atoms with E-state index in [1.165, 1.54) is 25.8 Å². The molecule has 1 saturated heterocycles. The van der Waals surface area contributed by atoms with E-state index in [1.807, 2.05) is 6.92 Å². The Kier molecular flexibility index (Phi) is 5.22. The largest absolute Gasteiger partial charge is 0.355 e. The topological polar surface area (TPSA) is 44.4 Å². The van der Waals surface area contributed by atoms with Gasteiger partial charge in [0.25, 0.3) is 0 Å². The summed E-state index contributed by atoms with van der Waals surface area (Å²) in [6.45, 7) is 9.45. The normalized spacial score (nSPS) is 25.8. The van der Waals surface area contributed by atoms with Crippen LogP contribution in [0.1, 0.15) is 46.5 Å². The van der Waals surface area contributed by atoms with Crippen LogP contribution in [0.4, 0.5) is 0 Å². The maximum Gasteiger partial charge on any atom is 0.236 e. The molecule has 2 rings (SSSR count). The number of amides is 1. The molecule has 0 spiro atoms. The van der Waals surface area contributed by atoms with E-state index >= 15 is 0 Å². The Morgan fingerprint density at radius 2 is 2.00 bits per heavy atom. The molecule has 2 fully saturated rings. The van der Waals surface area contributed by atoms with Crippen molar-refractivity contribution in [2.75, 3.05) is 19.6 Å². The Labute approximate surface area is 117 Å². The van der Waals surface area contributed by atoms with E-state index in [4.69, 9.17) is 0 Å². The van der Waals surface area contributed by atoms with Gasteiger partial charge in [-0.3, -0.25) is 9.69 Å². The predicted octanol–water partition coefficient (Wildman–Crippen LogP) is 1.36. The Bertz CT molecular complexity index is 302. The van der Waals surface area contributed by atoms with Crippen LogP contribution < -0.4 is 10.6 Å². The first-order valence-electron chi connectivity index (χ1n) is 7.84. The van der Waals surface area contributed by atoms with Gasteiger partial charge in [0.15, 0.2) is 0 Å². The first-order chi connectivity index (χ1) is 9.06. The van der Waals surface area contributed by atoms with Gasteiger partial charge in [-0.1, -0.05) is 13.8 Å². The van der Waals surface area contributed by atoms with Crippen molar-refractivity contribution < 1.29 is 4.79 Å². The number of carbonyl (C=O) groups excluding carboxylic acids is 1. The number of hydrogen-bond donors (Lipinski definition) is 2. The number of hydrogen-bond acceptors (Lipinski definition) is 3. The molecule has 2 aliphatic rings. The van der Waals surface area contributed by atoms with Gasteiger partial charge in [0.2, 0.25) is 5.91 Å². The quantitative estimate of drug-likeness (QED) is 0.732. The van der Waals surface area contributed by atoms with Crippen LogP contribution in [0.2, 0.25) is 0 Å². The van der Waals surface area contributed by atoms with Gasteiger partial charge in [-0.15, -0.1) is 0 Å². The van der Waals surface area contributed by atoms with Crippen LogP contribution in [-0.4, -0.2) is 48.6 Å². The summed E-state index contributed by atoms with van der Waals surface area (Å²) in [7, 11) is 0. The monoisotopic (exact) mass is 267 g/mol. The zero-order valence-corrected chi connectivity index (χ0v) is 12.6. The van der Waals surface area contributed by atoms with Gasteiger partial charge >= 0.3 is 0 Å². The molecule has 1 amide bonds. The fourth-order valence-corrected chi connectivity index (χ4v) is 2.76. The van der Waals surface area contributed by atoms with Crippen LogP contribution in [0.5, 0.6) is 0 Å². The summed E-state index contributed by atoms with van der Waals surface area (Å²) < 4.78 is 0. The second-order valence-electron chi connectivity index (χ2n) is 6.57. The van der Waals surface area contributed by atoms with E-state index in [9.17, 15) is 4.79 Å². The number of rotatable bonds is 7. The Balaban J connectivity index is 1.63. The molecule has 0 aromatic rings. The third-order valence-corrected chi connectivity index (χ3v) is 4.18. The zero-order valence-electron chi connectivity index (χ0n) is 12.6. The number of likely N-dealkylation sites (tertiary alicyclic amines) is 1. The standard InChI is InChI=1S/C15H29N3O/c1-11(2)6-8-16-15(19)12(3)17-13-7-9-18(10-13)14-4-5-14/h11-14,17H,4-10H2,1-3H3,(H,16,19). The number of carbonyl (C=O) groups is 1. The van der Waals surface area contributed by atoms with Crippen LogP contribution >= 0.6 is 0 Å². The van der Waals surface area contributed by atoms with E-state index < -0.39 is 0 Å². The molecule has 1 aliphatic carbocycles. The molecule has 0 aromatic heterocycles. The van der Waals surface area contributed by atoms with Gasteiger partial charge in [0.05, 0.1) is 6.04 Å². The summed E-state index contributed by atoms with van der Waals surface area (Å²) in [6.07, 6.45) is 4.98. The Morgan fingerprint density at radius 3 is 2.63 bits per heavy atom. The molecule has 2 unspecified atom stereocenters. The highest BCUT2D eigenvalue weighted by atomic mass is 16.2. The predicted molar refractivity (Wildman–Crippen MR) is 78.1 cm³/mol. The second kappa shape index (κ2) is 6.71. The zero-order chi connectivity index (χ0) is 13.8. The van der Waals surface area contributed by atoms with Gasteiger partial charge in [-0.05, 0) is 38.5 Å². The van der Waals surface area contributed by atoms with Crippen molar-refractivity contribution in [3.8, 4) is 0 Å². The minimum atomic E-state index is -0.0729. The smallest absolute Gasteiger partial charge is 0.236 e. The van der Waals surface area contributed by atoms with Crippen molar-refractivity contribution in [2.45, 2.75) is 64.6 Å². The summed E-state index contributed by atoms with van der Waals surface area (Å²) >= 11 is 0. The van der Waals surface area contributed by atoms with Gasteiger partial charge in [-0.2, -0.15) is 0 Å². The van der Waals surface area contributed by atoms with E-state index in [-0.39, 0.29) is 11.9 Å². The van der Waals surface area contributed by atoms with Crippen LogP contribution in [0.15, 0.2) is 0 Å². The molecular weight excluding hydrogens is 238 g/mol. The Morgan fingerprint density at radius 1 is 1.26 bits per heavy atom. The average Bonchev–Trinajstić information content (AvgIpc) is 3.10. The number of nitrogens with one attached hydrogen (secondary N) is 2. The van der Waals surface area contributed by atoms with E-state index in [0.29, 0.717) is 12.0 Å². The minimum Gasteiger partial charge on any atom is -0.355 e. The molecule has 19 heavy (non-hydrogen) atoms. The lowest BCUT2D eigenvalue weighted by atomic mass is 10.1. The van der Waals surface area contributed by atoms with Crippen LogP contribution in [0.3, 0.4) is 0 Å². The van der Waals surface area contributed by atoms with Gasteiger partial charge in [0.1, 0.15) is 0 Å².